The fourth-order valence-electron chi connectivity index (χ4n) is 3.64. The smallest absolute Gasteiger partial charge is 0.237 e. The second kappa shape index (κ2) is 6.75. The molecule has 4 nitrogen and oxygen atoms in total. The summed E-state index contributed by atoms with van der Waals surface area (Å²) in [6, 6.07) is 6.02. The third-order valence-corrected chi connectivity index (χ3v) is 4.90. The van der Waals surface area contributed by atoms with Crippen molar-refractivity contribution in [3.05, 3.63) is 35.6 Å². The zero-order valence-electron chi connectivity index (χ0n) is 12.6. The summed E-state index contributed by atoms with van der Waals surface area (Å²) in [5, 5.41) is 16.3. The van der Waals surface area contributed by atoms with Crippen LogP contribution in [0.15, 0.2) is 24.3 Å². The number of nitrogens with one attached hydrogen (secondary N) is 2. The molecule has 1 aliphatic carbocycles. The van der Waals surface area contributed by atoms with Gasteiger partial charge in [-0.15, -0.1) is 0 Å². The fourth-order valence-corrected chi connectivity index (χ4v) is 3.64. The highest BCUT2D eigenvalue weighted by atomic mass is 19.1. The molecule has 4 unspecified atom stereocenters. The van der Waals surface area contributed by atoms with Gasteiger partial charge in [-0.3, -0.25) is 4.79 Å². The van der Waals surface area contributed by atoms with Crippen molar-refractivity contribution in [1.29, 1.82) is 0 Å². The molecular formula is C17H23FN2O2. The number of aliphatic hydroxyl groups excluding tert-OH is 1. The third kappa shape index (κ3) is 3.47. The van der Waals surface area contributed by atoms with Crippen LogP contribution in [0.4, 0.5) is 4.39 Å². The molecule has 3 N–H and O–H groups in total. The van der Waals surface area contributed by atoms with E-state index in [1.54, 1.807) is 0 Å². The summed E-state index contributed by atoms with van der Waals surface area (Å²) < 4.78 is 12.9. The molecule has 1 heterocycles. The minimum absolute atomic E-state index is 0.0458. The minimum atomic E-state index is -0.812. The number of aliphatic hydroxyl groups is 1. The van der Waals surface area contributed by atoms with Crippen molar-refractivity contribution < 1.29 is 14.3 Å². The summed E-state index contributed by atoms with van der Waals surface area (Å²) in [5.74, 6) is 0.236. The van der Waals surface area contributed by atoms with Crippen molar-refractivity contribution >= 4 is 5.91 Å². The molecule has 0 spiro atoms. The highest BCUT2D eigenvalue weighted by Crippen LogP contribution is 2.33. The van der Waals surface area contributed by atoms with Crippen LogP contribution >= 0.6 is 0 Å². The lowest BCUT2D eigenvalue weighted by Gasteiger charge is -2.24. The minimum Gasteiger partial charge on any atom is -0.387 e. The van der Waals surface area contributed by atoms with Crippen molar-refractivity contribution in [2.24, 2.45) is 5.92 Å². The van der Waals surface area contributed by atoms with Crippen LogP contribution in [0.3, 0.4) is 0 Å². The topological polar surface area (TPSA) is 61.4 Å². The Hall–Kier alpha value is -1.46. The van der Waals surface area contributed by atoms with E-state index < -0.39 is 6.10 Å². The summed E-state index contributed by atoms with van der Waals surface area (Å²) in [7, 11) is 0. The zero-order chi connectivity index (χ0) is 15.5. The zero-order valence-corrected chi connectivity index (χ0v) is 12.6. The molecule has 120 valence electrons. The van der Waals surface area contributed by atoms with Crippen molar-refractivity contribution in [3.8, 4) is 0 Å². The molecule has 1 saturated heterocycles. The molecule has 5 heteroatoms. The molecule has 2 aliphatic rings. The van der Waals surface area contributed by atoms with Crippen LogP contribution in [-0.2, 0) is 4.79 Å². The summed E-state index contributed by atoms with van der Waals surface area (Å²) in [6.45, 7) is 0.151. The Labute approximate surface area is 130 Å². The SMILES string of the molecule is O=C(NCC(O)c1ccc(F)cc1)C1CC2CCCCC2N1. The quantitative estimate of drug-likeness (QED) is 0.796. The molecule has 4 atom stereocenters. The number of benzene rings is 1. The Kier molecular flexibility index (Phi) is 4.74. The maximum Gasteiger partial charge on any atom is 0.237 e. The van der Waals surface area contributed by atoms with Crippen LogP contribution in [0.2, 0.25) is 0 Å². The number of halogens is 1. The van der Waals surface area contributed by atoms with E-state index in [-0.39, 0.29) is 24.3 Å². The van der Waals surface area contributed by atoms with Gasteiger partial charge in [0.15, 0.2) is 0 Å². The van der Waals surface area contributed by atoms with Crippen LogP contribution in [0.1, 0.15) is 43.8 Å². The molecule has 0 radical (unpaired) electrons. The molecule has 1 aliphatic heterocycles. The van der Waals surface area contributed by atoms with Gasteiger partial charge in [0.2, 0.25) is 5.91 Å². The van der Waals surface area contributed by atoms with Gasteiger partial charge in [0.1, 0.15) is 5.82 Å². The maximum absolute atomic E-state index is 12.9. The Morgan fingerprint density at radius 2 is 2.05 bits per heavy atom. The number of carbonyl (C=O) groups is 1. The molecule has 22 heavy (non-hydrogen) atoms. The van der Waals surface area contributed by atoms with Crippen molar-refractivity contribution in [1.82, 2.24) is 10.6 Å². The van der Waals surface area contributed by atoms with Crippen LogP contribution in [0.25, 0.3) is 0 Å². The lowest BCUT2D eigenvalue weighted by molar-refractivity contribution is -0.123. The first kappa shape index (κ1) is 15.4. The number of hydrogen-bond donors (Lipinski definition) is 3. The number of carbonyl (C=O) groups excluding carboxylic acids is 1. The average molecular weight is 306 g/mol. The average Bonchev–Trinajstić information content (AvgIpc) is 2.97. The summed E-state index contributed by atoms with van der Waals surface area (Å²) in [5.41, 5.74) is 0.606. The Balaban J connectivity index is 1.49. The van der Waals surface area contributed by atoms with E-state index in [9.17, 15) is 14.3 Å². The number of rotatable bonds is 4. The summed E-state index contributed by atoms with van der Waals surface area (Å²) in [6.07, 6.45) is 4.95. The first-order valence-corrected chi connectivity index (χ1v) is 8.11. The maximum atomic E-state index is 12.9. The van der Waals surface area contributed by atoms with Gasteiger partial charge in [0.05, 0.1) is 12.1 Å². The van der Waals surface area contributed by atoms with E-state index in [1.807, 2.05) is 0 Å². The molecule has 1 saturated carbocycles. The predicted molar refractivity (Wildman–Crippen MR) is 81.7 cm³/mol. The second-order valence-electron chi connectivity index (χ2n) is 6.42. The standard InChI is InChI=1S/C17H23FN2O2/c18-13-7-5-11(6-8-13)16(21)10-19-17(22)15-9-12-3-1-2-4-14(12)20-15/h5-8,12,14-16,20-21H,1-4,9-10H2,(H,19,22). The largest absolute Gasteiger partial charge is 0.387 e. The van der Waals surface area contributed by atoms with Gasteiger partial charge >= 0.3 is 0 Å². The van der Waals surface area contributed by atoms with E-state index in [4.69, 9.17) is 0 Å². The van der Waals surface area contributed by atoms with Crippen LogP contribution in [-0.4, -0.2) is 29.6 Å². The first-order chi connectivity index (χ1) is 10.6. The predicted octanol–water partition coefficient (Wildman–Crippen LogP) is 1.90. The van der Waals surface area contributed by atoms with Gasteiger partial charge in [0.25, 0.3) is 0 Å². The van der Waals surface area contributed by atoms with Crippen molar-refractivity contribution in [2.45, 2.75) is 50.3 Å². The number of amides is 1. The Morgan fingerprint density at radius 1 is 1.32 bits per heavy atom. The van der Waals surface area contributed by atoms with E-state index in [1.165, 1.54) is 43.5 Å². The number of fused-ring (bicyclic) bond motifs is 1. The summed E-state index contributed by atoms with van der Waals surface area (Å²) in [4.78, 5) is 12.2. The van der Waals surface area contributed by atoms with Crippen molar-refractivity contribution in [2.75, 3.05) is 6.54 Å². The normalized spacial score (nSPS) is 28.9. The molecule has 1 aromatic rings. The lowest BCUT2D eigenvalue weighted by atomic mass is 9.85. The van der Waals surface area contributed by atoms with E-state index in [2.05, 4.69) is 10.6 Å². The molecule has 3 rings (SSSR count). The van der Waals surface area contributed by atoms with Gasteiger partial charge in [-0.25, -0.2) is 4.39 Å². The second-order valence-corrected chi connectivity index (χ2v) is 6.42. The van der Waals surface area contributed by atoms with E-state index >= 15 is 0 Å². The highest BCUT2D eigenvalue weighted by Gasteiger charge is 2.38. The first-order valence-electron chi connectivity index (χ1n) is 8.11. The molecule has 0 aromatic heterocycles. The van der Waals surface area contributed by atoms with Gasteiger partial charge in [-0.05, 0) is 42.9 Å². The van der Waals surface area contributed by atoms with Crippen molar-refractivity contribution in [3.63, 3.8) is 0 Å². The third-order valence-electron chi connectivity index (χ3n) is 4.90. The van der Waals surface area contributed by atoms with Crippen LogP contribution < -0.4 is 10.6 Å². The monoisotopic (exact) mass is 306 g/mol. The molecule has 1 aromatic carbocycles. The van der Waals surface area contributed by atoms with Gasteiger partial charge < -0.3 is 15.7 Å². The fraction of sp³-hybridized carbons (Fsp3) is 0.588. The van der Waals surface area contributed by atoms with Gasteiger partial charge in [0, 0.05) is 12.6 Å². The Bertz CT molecular complexity index is 506. The molecule has 1 amide bonds. The van der Waals surface area contributed by atoms with Crippen LogP contribution in [0, 0.1) is 11.7 Å². The van der Waals surface area contributed by atoms with Gasteiger partial charge in [-0.2, -0.15) is 0 Å². The Morgan fingerprint density at radius 3 is 2.77 bits per heavy atom. The highest BCUT2D eigenvalue weighted by molar-refractivity contribution is 5.82. The number of hydrogen-bond acceptors (Lipinski definition) is 3. The summed E-state index contributed by atoms with van der Waals surface area (Å²) >= 11 is 0. The van der Waals surface area contributed by atoms with Gasteiger partial charge in [-0.1, -0.05) is 25.0 Å². The van der Waals surface area contributed by atoms with E-state index in [0.29, 0.717) is 17.5 Å². The molecule has 2 fully saturated rings. The molecular weight excluding hydrogens is 283 g/mol. The lowest BCUT2D eigenvalue weighted by Crippen LogP contribution is -2.44. The van der Waals surface area contributed by atoms with Crippen LogP contribution in [0.5, 0.6) is 0 Å². The van der Waals surface area contributed by atoms with E-state index in [0.717, 1.165) is 12.8 Å². The molecule has 0 bridgehead atoms.